The molecule has 0 aliphatic carbocycles. The summed E-state index contributed by atoms with van der Waals surface area (Å²) in [6.45, 7) is 0.229. The Kier molecular flexibility index (Phi) is 4.45. The minimum Gasteiger partial charge on any atom is -0.372 e. The summed E-state index contributed by atoms with van der Waals surface area (Å²) in [6.07, 6.45) is 0. The molecular formula is C5H7ClO3S. The van der Waals surface area contributed by atoms with Gasteiger partial charge in [-0.2, -0.15) is 0 Å². The van der Waals surface area contributed by atoms with E-state index < -0.39 is 9.05 Å². The van der Waals surface area contributed by atoms with Gasteiger partial charge in [-0.15, -0.1) is 0 Å². The Bertz CT molecular complexity index is 233. The normalized spacial score (nSPS) is 10.2. The molecule has 3 nitrogen and oxygen atoms in total. The van der Waals surface area contributed by atoms with Gasteiger partial charge in [-0.25, -0.2) is 8.42 Å². The molecule has 0 N–H and O–H groups in total. The molecule has 0 fully saturated rings. The highest BCUT2D eigenvalue weighted by molar-refractivity contribution is 8.13. The molecule has 58 valence electrons. The first-order valence-corrected chi connectivity index (χ1v) is 4.91. The fourth-order valence-corrected chi connectivity index (χ4v) is 0.699. The Morgan fingerprint density at radius 1 is 1.50 bits per heavy atom. The number of rotatable bonds is 2. The van der Waals surface area contributed by atoms with Crippen molar-refractivity contribution in [1.29, 1.82) is 0 Å². The summed E-state index contributed by atoms with van der Waals surface area (Å²) < 4.78 is 25.0. The molecule has 0 aliphatic rings. The number of methoxy groups -OCH3 is 1. The molecule has 0 aromatic heterocycles. The Morgan fingerprint density at radius 3 is 2.50 bits per heavy atom. The fraction of sp³-hybridized carbons (Fsp3) is 0.600. The van der Waals surface area contributed by atoms with Crippen LogP contribution in [0.2, 0.25) is 0 Å². The average Bonchev–Trinajstić information content (AvgIpc) is 1.78. The second-order valence-corrected chi connectivity index (χ2v) is 4.25. The molecule has 0 radical (unpaired) electrons. The van der Waals surface area contributed by atoms with Crippen molar-refractivity contribution < 1.29 is 13.2 Å². The molecule has 0 aromatic carbocycles. The van der Waals surface area contributed by atoms with Crippen LogP contribution >= 0.6 is 10.7 Å². The Hall–Kier alpha value is -0.240. The number of hydrogen-bond acceptors (Lipinski definition) is 3. The third-order valence-electron chi connectivity index (χ3n) is 0.586. The van der Waals surface area contributed by atoms with E-state index in [-0.39, 0.29) is 12.4 Å². The standard InChI is InChI=1S/C5H7ClO3S/c1-9-4-2-3-5-10(6,7)8/h4-5H2,1H3. The first-order chi connectivity index (χ1) is 4.56. The lowest BCUT2D eigenvalue weighted by Gasteiger charge is -1.83. The van der Waals surface area contributed by atoms with Gasteiger partial charge in [0, 0.05) is 17.8 Å². The maximum atomic E-state index is 10.2. The molecule has 0 rings (SSSR count). The fourth-order valence-electron chi connectivity index (χ4n) is 0.260. The van der Waals surface area contributed by atoms with E-state index in [1.807, 2.05) is 0 Å². The highest BCUT2D eigenvalue weighted by Gasteiger charge is 1.98. The van der Waals surface area contributed by atoms with E-state index in [9.17, 15) is 8.42 Å². The van der Waals surface area contributed by atoms with E-state index >= 15 is 0 Å². The molecule has 0 bridgehead atoms. The molecular weight excluding hydrogens is 176 g/mol. The van der Waals surface area contributed by atoms with Crippen molar-refractivity contribution in [3.8, 4) is 11.8 Å². The maximum Gasteiger partial charge on any atom is 0.243 e. The lowest BCUT2D eigenvalue weighted by atomic mass is 10.6. The second kappa shape index (κ2) is 4.56. The summed E-state index contributed by atoms with van der Waals surface area (Å²) in [5.74, 6) is 4.47. The van der Waals surface area contributed by atoms with Gasteiger partial charge in [-0.3, -0.25) is 0 Å². The molecule has 0 aliphatic heterocycles. The largest absolute Gasteiger partial charge is 0.372 e. The van der Waals surface area contributed by atoms with E-state index in [0.29, 0.717) is 0 Å². The van der Waals surface area contributed by atoms with Gasteiger partial charge >= 0.3 is 0 Å². The Morgan fingerprint density at radius 2 is 2.10 bits per heavy atom. The van der Waals surface area contributed by atoms with E-state index in [2.05, 4.69) is 16.6 Å². The molecule has 0 amide bonds. The molecule has 0 spiro atoms. The van der Waals surface area contributed by atoms with E-state index in [1.54, 1.807) is 0 Å². The SMILES string of the molecule is COCC#CCS(=O)(=O)Cl. The van der Waals surface area contributed by atoms with Gasteiger partial charge in [0.15, 0.2) is 0 Å². The molecule has 5 heteroatoms. The van der Waals surface area contributed by atoms with Gasteiger partial charge < -0.3 is 4.74 Å². The summed E-state index contributed by atoms with van der Waals surface area (Å²) in [5.41, 5.74) is 0. The van der Waals surface area contributed by atoms with Crippen LogP contribution in [0.3, 0.4) is 0 Å². The predicted octanol–water partition coefficient (Wildman–Crippen LogP) is 0.205. The summed E-state index contributed by atoms with van der Waals surface area (Å²) in [6, 6.07) is 0. The first-order valence-electron chi connectivity index (χ1n) is 2.43. The lowest BCUT2D eigenvalue weighted by Crippen LogP contribution is -1.93. The van der Waals surface area contributed by atoms with Crippen molar-refractivity contribution in [3.05, 3.63) is 0 Å². The van der Waals surface area contributed by atoms with Gasteiger partial charge in [0.05, 0.1) is 0 Å². The van der Waals surface area contributed by atoms with Crippen LogP contribution < -0.4 is 0 Å². The van der Waals surface area contributed by atoms with Crippen LogP contribution in [0.25, 0.3) is 0 Å². The average molecular weight is 183 g/mol. The monoisotopic (exact) mass is 182 g/mol. The smallest absolute Gasteiger partial charge is 0.243 e. The van der Waals surface area contributed by atoms with E-state index in [4.69, 9.17) is 10.7 Å². The highest BCUT2D eigenvalue weighted by Crippen LogP contribution is 1.92. The zero-order valence-corrected chi connectivity index (χ0v) is 7.00. The van der Waals surface area contributed by atoms with Crippen molar-refractivity contribution in [1.82, 2.24) is 0 Å². The van der Waals surface area contributed by atoms with Crippen LogP contribution in [0, 0.1) is 11.8 Å². The van der Waals surface area contributed by atoms with Crippen LogP contribution in [0.1, 0.15) is 0 Å². The molecule has 0 atom stereocenters. The van der Waals surface area contributed by atoms with Crippen LogP contribution in [0.5, 0.6) is 0 Å². The molecule has 0 unspecified atom stereocenters. The molecule has 0 aromatic rings. The summed E-state index contributed by atoms with van der Waals surface area (Å²) in [5, 5.41) is 0. The van der Waals surface area contributed by atoms with Crippen molar-refractivity contribution in [2.75, 3.05) is 19.5 Å². The summed E-state index contributed by atoms with van der Waals surface area (Å²) in [7, 11) is 2.86. The van der Waals surface area contributed by atoms with Crippen molar-refractivity contribution in [2.24, 2.45) is 0 Å². The van der Waals surface area contributed by atoms with Crippen molar-refractivity contribution in [3.63, 3.8) is 0 Å². The van der Waals surface area contributed by atoms with Gasteiger partial charge in [0.1, 0.15) is 12.4 Å². The number of hydrogen-bond donors (Lipinski definition) is 0. The van der Waals surface area contributed by atoms with Crippen LogP contribution in [0.4, 0.5) is 0 Å². The first kappa shape index (κ1) is 9.76. The topological polar surface area (TPSA) is 43.4 Å². The summed E-state index contributed by atoms with van der Waals surface area (Å²) >= 11 is 0. The molecule has 0 saturated heterocycles. The second-order valence-electron chi connectivity index (χ2n) is 1.47. The summed E-state index contributed by atoms with van der Waals surface area (Å²) in [4.78, 5) is 0. The van der Waals surface area contributed by atoms with Crippen molar-refractivity contribution in [2.45, 2.75) is 0 Å². The van der Waals surface area contributed by atoms with Crippen LogP contribution in [-0.2, 0) is 13.8 Å². The van der Waals surface area contributed by atoms with Crippen LogP contribution in [-0.4, -0.2) is 27.9 Å². The Labute approximate surface area is 64.7 Å². The third-order valence-corrected chi connectivity index (χ3v) is 1.40. The minimum absolute atomic E-state index is 0.229. The third kappa shape index (κ3) is 7.76. The lowest BCUT2D eigenvalue weighted by molar-refractivity contribution is 0.240. The molecule has 10 heavy (non-hydrogen) atoms. The zero-order chi connectivity index (χ0) is 8.04. The minimum atomic E-state index is -3.46. The quantitative estimate of drug-likeness (QED) is 0.453. The zero-order valence-electron chi connectivity index (χ0n) is 5.43. The van der Waals surface area contributed by atoms with Gasteiger partial charge in [-0.05, 0) is 0 Å². The van der Waals surface area contributed by atoms with Gasteiger partial charge in [0.2, 0.25) is 9.05 Å². The van der Waals surface area contributed by atoms with E-state index in [0.717, 1.165) is 0 Å². The maximum absolute atomic E-state index is 10.2. The highest BCUT2D eigenvalue weighted by atomic mass is 35.7. The number of ether oxygens (including phenoxy) is 1. The van der Waals surface area contributed by atoms with Gasteiger partial charge in [-0.1, -0.05) is 11.8 Å². The molecule has 0 heterocycles. The predicted molar refractivity (Wildman–Crippen MR) is 39.3 cm³/mol. The van der Waals surface area contributed by atoms with Gasteiger partial charge in [0.25, 0.3) is 0 Å². The number of halogens is 1. The van der Waals surface area contributed by atoms with Crippen LogP contribution in [0.15, 0.2) is 0 Å². The van der Waals surface area contributed by atoms with Crippen molar-refractivity contribution >= 4 is 19.7 Å². The Balaban J connectivity index is 3.68. The molecule has 0 saturated carbocycles. The van der Waals surface area contributed by atoms with E-state index in [1.165, 1.54) is 7.11 Å².